The minimum absolute atomic E-state index is 0.0766. The van der Waals surface area contributed by atoms with Gasteiger partial charge in [-0.3, -0.25) is 4.79 Å². The van der Waals surface area contributed by atoms with Crippen LogP contribution in [0, 0.1) is 5.41 Å². The maximum absolute atomic E-state index is 12.7. The van der Waals surface area contributed by atoms with Crippen molar-refractivity contribution in [3.05, 3.63) is 29.8 Å². The van der Waals surface area contributed by atoms with Gasteiger partial charge in [0.15, 0.2) is 9.84 Å². The third kappa shape index (κ3) is 4.50. The second kappa shape index (κ2) is 7.43. The van der Waals surface area contributed by atoms with E-state index in [1.54, 1.807) is 12.1 Å². The number of nitrogens with one attached hydrogen (secondary N) is 1. The highest BCUT2D eigenvalue weighted by Crippen LogP contribution is 2.35. The molecule has 8 heteroatoms. The molecule has 2 rings (SSSR count). The fourth-order valence-electron chi connectivity index (χ4n) is 3.09. The molecule has 1 aromatic carbocycles. The highest BCUT2D eigenvalue weighted by Gasteiger charge is 2.40. The van der Waals surface area contributed by atoms with Crippen LogP contribution in [-0.2, 0) is 21.2 Å². The second-order valence-electron chi connectivity index (χ2n) is 6.50. The highest BCUT2D eigenvalue weighted by molar-refractivity contribution is 7.90. The van der Waals surface area contributed by atoms with Gasteiger partial charge in [0.1, 0.15) is 0 Å². The fourth-order valence-corrected chi connectivity index (χ4v) is 3.72. The van der Waals surface area contributed by atoms with Crippen LogP contribution < -0.4 is 5.32 Å². The van der Waals surface area contributed by atoms with E-state index in [0.717, 1.165) is 11.8 Å². The van der Waals surface area contributed by atoms with Gasteiger partial charge >= 0.3 is 6.09 Å². The van der Waals surface area contributed by atoms with Crippen LogP contribution in [0.3, 0.4) is 0 Å². The van der Waals surface area contributed by atoms with Gasteiger partial charge in [0.2, 0.25) is 5.91 Å². The Hall–Kier alpha value is -2.09. The van der Waals surface area contributed by atoms with E-state index in [4.69, 9.17) is 5.11 Å². The van der Waals surface area contributed by atoms with Crippen molar-refractivity contribution >= 4 is 21.8 Å². The molecule has 25 heavy (non-hydrogen) atoms. The first-order chi connectivity index (χ1) is 11.7. The summed E-state index contributed by atoms with van der Waals surface area (Å²) in [6.45, 7) is 2.98. The topological polar surface area (TPSA) is 104 Å². The summed E-state index contributed by atoms with van der Waals surface area (Å²) in [5.41, 5.74) is 0.272. The number of carboxylic acid groups (broad SMARTS) is 1. The molecule has 0 atom stereocenters. The lowest BCUT2D eigenvalue weighted by Gasteiger charge is -2.39. The van der Waals surface area contributed by atoms with E-state index >= 15 is 0 Å². The van der Waals surface area contributed by atoms with Gasteiger partial charge < -0.3 is 15.3 Å². The molecule has 1 aliphatic rings. The van der Waals surface area contributed by atoms with Crippen molar-refractivity contribution < 1.29 is 23.1 Å². The molecule has 7 nitrogen and oxygen atoms in total. The number of hydrogen-bond donors (Lipinski definition) is 2. The fraction of sp³-hybridized carbons (Fsp3) is 0.529. The molecule has 1 aromatic rings. The van der Waals surface area contributed by atoms with Crippen LogP contribution in [0.25, 0.3) is 0 Å². The van der Waals surface area contributed by atoms with E-state index in [9.17, 15) is 18.0 Å². The maximum atomic E-state index is 12.7. The molecular weight excluding hydrogens is 344 g/mol. The summed E-state index contributed by atoms with van der Waals surface area (Å²) in [6.07, 6.45) is 1.87. The number of likely N-dealkylation sites (tertiary alicyclic amines) is 1. The molecule has 138 valence electrons. The van der Waals surface area contributed by atoms with Gasteiger partial charge in [0.05, 0.1) is 10.3 Å². The van der Waals surface area contributed by atoms with Crippen LogP contribution in [-0.4, -0.2) is 49.8 Å². The number of benzene rings is 1. The van der Waals surface area contributed by atoms with Gasteiger partial charge in [-0.2, -0.15) is 0 Å². The molecule has 2 N–H and O–H groups in total. The summed E-state index contributed by atoms with van der Waals surface area (Å²) in [6, 6.07) is 6.42. The molecule has 1 heterocycles. The van der Waals surface area contributed by atoms with Gasteiger partial charge in [0.25, 0.3) is 0 Å². The molecule has 0 saturated carbocycles. The van der Waals surface area contributed by atoms with E-state index in [-0.39, 0.29) is 10.8 Å². The monoisotopic (exact) mass is 368 g/mol. The van der Waals surface area contributed by atoms with Gasteiger partial charge in [0, 0.05) is 25.9 Å². The largest absolute Gasteiger partial charge is 0.465 e. The number of piperidine rings is 1. The standard InChI is InChI=1S/C17H24N2O5S/c1-3-17(8-10-19(11-9-17)16(21)22)15(20)18-12-13-4-6-14(7-5-13)25(2,23)24/h4-7H,3,8-12H2,1-2H3,(H,18,20)(H,21,22). The number of nitrogens with zero attached hydrogens (tertiary/aromatic N) is 1. The van der Waals surface area contributed by atoms with Crippen LogP contribution >= 0.6 is 0 Å². The Morgan fingerprint density at radius 3 is 2.20 bits per heavy atom. The van der Waals surface area contributed by atoms with Crippen LogP contribution in [0.15, 0.2) is 29.2 Å². The third-order valence-corrected chi connectivity index (χ3v) is 6.08. The lowest BCUT2D eigenvalue weighted by atomic mass is 9.75. The van der Waals surface area contributed by atoms with Crippen LogP contribution in [0.2, 0.25) is 0 Å². The maximum Gasteiger partial charge on any atom is 0.407 e. The second-order valence-corrected chi connectivity index (χ2v) is 8.52. The summed E-state index contributed by atoms with van der Waals surface area (Å²) >= 11 is 0. The first-order valence-electron chi connectivity index (χ1n) is 8.23. The van der Waals surface area contributed by atoms with Crippen LogP contribution in [0.1, 0.15) is 31.7 Å². The molecule has 0 bridgehead atoms. The van der Waals surface area contributed by atoms with Crippen LogP contribution in [0.4, 0.5) is 4.79 Å². The number of hydrogen-bond acceptors (Lipinski definition) is 4. The highest BCUT2D eigenvalue weighted by atomic mass is 32.2. The van der Waals surface area contributed by atoms with E-state index in [1.165, 1.54) is 17.0 Å². The van der Waals surface area contributed by atoms with E-state index < -0.39 is 21.3 Å². The Balaban J connectivity index is 1.98. The molecule has 1 aliphatic heterocycles. The molecule has 0 aromatic heterocycles. The number of rotatable bonds is 5. The van der Waals surface area contributed by atoms with Crippen molar-refractivity contribution in [3.63, 3.8) is 0 Å². The van der Waals surface area contributed by atoms with Crippen molar-refractivity contribution in [2.75, 3.05) is 19.3 Å². The summed E-state index contributed by atoms with van der Waals surface area (Å²) in [5.74, 6) is -0.0766. The third-order valence-electron chi connectivity index (χ3n) is 4.95. The number of carbonyl (C=O) groups is 2. The van der Waals surface area contributed by atoms with Crippen molar-refractivity contribution in [2.45, 2.75) is 37.6 Å². The zero-order chi connectivity index (χ0) is 18.7. The average Bonchev–Trinajstić information content (AvgIpc) is 2.59. The van der Waals surface area contributed by atoms with Crippen molar-refractivity contribution in [1.82, 2.24) is 10.2 Å². The molecule has 0 radical (unpaired) electrons. The van der Waals surface area contributed by atoms with E-state index in [2.05, 4.69) is 5.32 Å². The number of sulfone groups is 1. The predicted octanol–water partition coefficient (Wildman–Crippen LogP) is 1.88. The predicted molar refractivity (Wildman–Crippen MR) is 93.0 cm³/mol. The van der Waals surface area contributed by atoms with Gasteiger partial charge in [-0.05, 0) is 37.0 Å². The molecule has 0 spiro atoms. The van der Waals surface area contributed by atoms with E-state index in [0.29, 0.717) is 38.9 Å². The molecule has 1 saturated heterocycles. The Kier molecular flexibility index (Phi) is 5.72. The lowest BCUT2D eigenvalue weighted by Crippen LogP contribution is -2.49. The zero-order valence-corrected chi connectivity index (χ0v) is 15.3. The number of amides is 2. The Morgan fingerprint density at radius 2 is 1.76 bits per heavy atom. The van der Waals surface area contributed by atoms with Crippen molar-refractivity contribution in [1.29, 1.82) is 0 Å². The van der Waals surface area contributed by atoms with Crippen LogP contribution in [0.5, 0.6) is 0 Å². The lowest BCUT2D eigenvalue weighted by molar-refractivity contribution is -0.134. The Morgan fingerprint density at radius 1 is 1.20 bits per heavy atom. The number of carbonyl (C=O) groups excluding carboxylic acids is 1. The van der Waals surface area contributed by atoms with Crippen molar-refractivity contribution in [3.8, 4) is 0 Å². The first kappa shape index (κ1) is 19.2. The quantitative estimate of drug-likeness (QED) is 0.826. The Labute approximate surface area is 147 Å². The summed E-state index contributed by atoms with van der Waals surface area (Å²) in [4.78, 5) is 25.3. The normalized spacial score (nSPS) is 17.1. The van der Waals surface area contributed by atoms with Crippen molar-refractivity contribution in [2.24, 2.45) is 5.41 Å². The molecular formula is C17H24N2O5S. The smallest absolute Gasteiger partial charge is 0.407 e. The molecule has 2 amide bonds. The molecule has 0 unspecified atom stereocenters. The Bertz CT molecular complexity index is 735. The summed E-state index contributed by atoms with van der Waals surface area (Å²) in [5, 5.41) is 11.9. The molecule has 0 aliphatic carbocycles. The summed E-state index contributed by atoms with van der Waals surface area (Å²) in [7, 11) is -3.23. The zero-order valence-electron chi connectivity index (χ0n) is 14.5. The SMILES string of the molecule is CCC1(C(=O)NCc2ccc(S(C)(=O)=O)cc2)CCN(C(=O)O)CC1. The minimum atomic E-state index is -3.23. The minimum Gasteiger partial charge on any atom is -0.465 e. The van der Waals surface area contributed by atoms with Gasteiger partial charge in [-0.25, -0.2) is 13.2 Å². The summed E-state index contributed by atoms with van der Waals surface area (Å²) < 4.78 is 22.9. The molecule has 1 fully saturated rings. The van der Waals surface area contributed by atoms with Gasteiger partial charge in [-0.15, -0.1) is 0 Å². The van der Waals surface area contributed by atoms with E-state index in [1.807, 2.05) is 6.92 Å². The van der Waals surface area contributed by atoms with Gasteiger partial charge in [-0.1, -0.05) is 19.1 Å². The first-order valence-corrected chi connectivity index (χ1v) is 10.1. The average molecular weight is 368 g/mol.